The predicted molar refractivity (Wildman–Crippen MR) is 70.3 cm³/mol. The molecule has 0 saturated heterocycles. The number of hydrogen-bond donors (Lipinski definition) is 2. The number of alkyl halides is 1. The van der Waals surface area contributed by atoms with Gasteiger partial charge < -0.3 is 10.7 Å². The summed E-state index contributed by atoms with van der Waals surface area (Å²) in [5.41, 5.74) is 1.49. The Morgan fingerprint density at radius 1 is 1.60 bits per heavy atom. The Kier molecular flexibility index (Phi) is 5.04. The van der Waals surface area contributed by atoms with Crippen molar-refractivity contribution < 1.29 is 4.39 Å². The number of anilines is 1. The summed E-state index contributed by atoms with van der Waals surface area (Å²) in [6, 6.07) is 4.45. The van der Waals surface area contributed by atoms with Gasteiger partial charge in [-0.25, -0.2) is 4.39 Å². The Labute approximate surface area is 106 Å². The normalized spacial score (nSPS) is 11.3. The zero-order valence-electron chi connectivity index (χ0n) is 7.73. The van der Waals surface area contributed by atoms with Gasteiger partial charge in [0.2, 0.25) is 0 Å². The molecule has 0 heterocycles. The average molecular weight is 339 g/mol. The molecule has 0 aliphatic rings. The molecule has 1 aromatic rings. The van der Waals surface area contributed by atoms with Crippen molar-refractivity contribution in [2.75, 3.05) is 11.2 Å². The van der Waals surface area contributed by atoms with Gasteiger partial charge in [-0.3, -0.25) is 0 Å². The third-order valence-corrected chi connectivity index (χ3v) is 2.84. The van der Waals surface area contributed by atoms with Crippen LogP contribution in [0.5, 0.6) is 0 Å². The minimum absolute atomic E-state index is 0.270. The van der Waals surface area contributed by atoms with Crippen molar-refractivity contribution in [3.8, 4) is 0 Å². The third-order valence-electron chi connectivity index (χ3n) is 1.65. The van der Waals surface area contributed by atoms with Crippen LogP contribution in [0.2, 0.25) is 0 Å². The monoisotopic (exact) mass is 338 g/mol. The zero-order valence-corrected chi connectivity index (χ0v) is 10.6. The first kappa shape index (κ1) is 12.4. The van der Waals surface area contributed by atoms with Crippen LogP contribution in [0.1, 0.15) is 0 Å². The minimum atomic E-state index is -0.270. The Morgan fingerprint density at radius 2 is 2.33 bits per heavy atom. The zero-order chi connectivity index (χ0) is 11.3. The summed E-state index contributed by atoms with van der Waals surface area (Å²) in [6.07, 6.45) is 2.72. The summed E-state index contributed by atoms with van der Waals surface area (Å²) in [5, 5.41) is 9.96. The molecule has 0 spiro atoms. The molecule has 1 rings (SSSR count). The lowest BCUT2D eigenvalue weighted by Gasteiger charge is -2.09. The van der Waals surface area contributed by atoms with Crippen LogP contribution in [-0.2, 0) is 0 Å². The summed E-state index contributed by atoms with van der Waals surface area (Å²) in [5.74, 6) is 0.0106. The lowest BCUT2D eigenvalue weighted by molar-refractivity contribution is 0.627. The van der Waals surface area contributed by atoms with Crippen LogP contribution in [0.3, 0.4) is 0 Å². The van der Waals surface area contributed by atoms with Crippen LogP contribution < -0.4 is 5.32 Å². The largest absolute Gasteiger partial charge is 0.357 e. The minimum Gasteiger partial charge on any atom is -0.357 e. The molecule has 15 heavy (non-hydrogen) atoms. The molecule has 0 unspecified atom stereocenters. The van der Waals surface area contributed by atoms with E-state index in [1.807, 2.05) is 22.6 Å². The van der Waals surface area contributed by atoms with Gasteiger partial charge in [0.05, 0.1) is 11.6 Å². The highest BCUT2D eigenvalue weighted by Crippen LogP contribution is 2.20. The van der Waals surface area contributed by atoms with E-state index in [-0.39, 0.29) is 11.7 Å². The highest BCUT2D eigenvalue weighted by Gasteiger charge is 2.02. The summed E-state index contributed by atoms with van der Waals surface area (Å²) in [4.78, 5) is 0. The fourth-order valence-electron chi connectivity index (χ4n) is 0.984. The number of hydrogen-bond acceptors (Lipinski definition) is 2. The predicted octanol–water partition coefficient (Wildman–Crippen LogP) is 3.61. The second-order valence-electron chi connectivity index (χ2n) is 2.74. The number of rotatable bonds is 4. The van der Waals surface area contributed by atoms with E-state index < -0.39 is 0 Å². The van der Waals surface area contributed by atoms with Crippen LogP contribution in [0.15, 0.2) is 30.0 Å². The van der Waals surface area contributed by atoms with E-state index in [1.165, 1.54) is 12.1 Å². The molecule has 0 atom stereocenters. The van der Waals surface area contributed by atoms with Gasteiger partial charge in [-0.2, -0.15) is 0 Å². The Bertz CT molecular complexity index is 393. The molecular formula is C10H9ClFIN2. The van der Waals surface area contributed by atoms with Gasteiger partial charge in [0.1, 0.15) is 5.82 Å². The first-order valence-electron chi connectivity index (χ1n) is 4.15. The quantitative estimate of drug-likeness (QED) is 0.491. The molecule has 0 aliphatic heterocycles. The van der Waals surface area contributed by atoms with Crippen LogP contribution >= 0.6 is 34.2 Å². The molecule has 80 valence electrons. The SMILES string of the molecule is N=C/C=C(/CCl)Nc1ccc(F)cc1I. The van der Waals surface area contributed by atoms with Crippen molar-refractivity contribution in [3.05, 3.63) is 39.4 Å². The molecule has 2 nitrogen and oxygen atoms in total. The molecule has 0 radical (unpaired) electrons. The summed E-state index contributed by atoms with van der Waals surface area (Å²) >= 11 is 7.70. The molecule has 1 aromatic carbocycles. The van der Waals surface area contributed by atoms with Crippen LogP contribution in [-0.4, -0.2) is 12.1 Å². The molecule has 0 amide bonds. The first-order chi connectivity index (χ1) is 7.17. The molecule has 2 N–H and O–H groups in total. The molecule has 0 fully saturated rings. The molecule has 0 aliphatic carbocycles. The fourth-order valence-corrected chi connectivity index (χ4v) is 1.75. The fraction of sp³-hybridized carbons (Fsp3) is 0.100. The van der Waals surface area contributed by atoms with E-state index in [2.05, 4.69) is 5.32 Å². The van der Waals surface area contributed by atoms with E-state index in [9.17, 15) is 4.39 Å². The number of benzene rings is 1. The van der Waals surface area contributed by atoms with Gasteiger partial charge in [0, 0.05) is 15.5 Å². The number of allylic oxidation sites excluding steroid dienone is 2. The smallest absolute Gasteiger partial charge is 0.124 e. The maximum atomic E-state index is 12.8. The van der Waals surface area contributed by atoms with Gasteiger partial charge in [0.15, 0.2) is 0 Å². The van der Waals surface area contributed by atoms with Gasteiger partial charge in [0.25, 0.3) is 0 Å². The van der Waals surface area contributed by atoms with Gasteiger partial charge >= 0.3 is 0 Å². The van der Waals surface area contributed by atoms with Crippen molar-refractivity contribution in [2.45, 2.75) is 0 Å². The third kappa shape index (κ3) is 3.79. The number of nitrogens with one attached hydrogen (secondary N) is 2. The van der Waals surface area contributed by atoms with E-state index in [0.717, 1.165) is 15.5 Å². The van der Waals surface area contributed by atoms with Crippen LogP contribution in [0.4, 0.5) is 10.1 Å². The van der Waals surface area contributed by atoms with E-state index in [0.29, 0.717) is 5.70 Å². The van der Waals surface area contributed by atoms with Crippen molar-refractivity contribution >= 4 is 46.1 Å². The first-order valence-corrected chi connectivity index (χ1v) is 5.76. The van der Waals surface area contributed by atoms with Crippen LogP contribution in [0, 0.1) is 14.8 Å². The standard InChI is InChI=1S/C10H9ClFIN2/c11-6-8(3-4-14)15-10-2-1-7(12)5-9(10)13/h1-5,14-15H,6H2/b8-3-,14-4?. The topological polar surface area (TPSA) is 35.9 Å². The Morgan fingerprint density at radius 3 is 2.87 bits per heavy atom. The molecule has 0 saturated carbocycles. The molecule has 0 bridgehead atoms. The highest BCUT2D eigenvalue weighted by atomic mass is 127. The molecule has 0 aromatic heterocycles. The lowest BCUT2D eigenvalue weighted by Crippen LogP contribution is -2.03. The van der Waals surface area contributed by atoms with Crippen molar-refractivity contribution in [1.29, 1.82) is 5.41 Å². The van der Waals surface area contributed by atoms with E-state index >= 15 is 0 Å². The van der Waals surface area contributed by atoms with E-state index in [1.54, 1.807) is 12.1 Å². The lowest BCUT2D eigenvalue weighted by atomic mass is 10.3. The van der Waals surface area contributed by atoms with Crippen molar-refractivity contribution in [3.63, 3.8) is 0 Å². The second kappa shape index (κ2) is 6.07. The van der Waals surface area contributed by atoms with Gasteiger partial charge in [-0.05, 0) is 46.9 Å². The molecule has 5 heteroatoms. The average Bonchev–Trinajstić information content (AvgIpc) is 2.21. The van der Waals surface area contributed by atoms with Crippen molar-refractivity contribution in [1.82, 2.24) is 0 Å². The summed E-state index contributed by atoms with van der Waals surface area (Å²) in [6.45, 7) is 0. The second-order valence-corrected chi connectivity index (χ2v) is 4.17. The maximum Gasteiger partial charge on any atom is 0.124 e. The maximum absolute atomic E-state index is 12.8. The van der Waals surface area contributed by atoms with Crippen LogP contribution in [0.25, 0.3) is 0 Å². The number of halogens is 3. The summed E-state index contributed by atoms with van der Waals surface area (Å²) < 4.78 is 13.6. The Balaban J connectivity index is 2.88. The van der Waals surface area contributed by atoms with Gasteiger partial charge in [-0.15, -0.1) is 11.6 Å². The highest BCUT2D eigenvalue weighted by molar-refractivity contribution is 14.1. The molecular weight excluding hydrogens is 329 g/mol. The van der Waals surface area contributed by atoms with Gasteiger partial charge in [-0.1, -0.05) is 0 Å². The van der Waals surface area contributed by atoms with E-state index in [4.69, 9.17) is 17.0 Å². The summed E-state index contributed by atoms with van der Waals surface area (Å²) in [7, 11) is 0. The Hall–Kier alpha value is -0.620. The van der Waals surface area contributed by atoms with Crippen molar-refractivity contribution in [2.24, 2.45) is 0 Å².